The molecule has 1 aromatic carbocycles. The Hall–Kier alpha value is -2.17. The van der Waals surface area contributed by atoms with Crippen LogP contribution in [0.25, 0.3) is 0 Å². The number of fused-ring (bicyclic) bond motifs is 1. The fourth-order valence-electron chi connectivity index (χ4n) is 3.28. The Bertz CT molecular complexity index is 735. The maximum absolute atomic E-state index is 12.8. The van der Waals surface area contributed by atoms with Gasteiger partial charge in [0.1, 0.15) is 6.04 Å². The molecule has 2 atom stereocenters. The Morgan fingerprint density at radius 2 is 2.13 bits per heavy atom. The Labute approximate surface area is 135 Å². The lowest BCUT2D eigenvalue weighted by atomic mass is 9.97. The van der Waals surface area contributed by atoms with Crippen LogP contribution in [0.1, 0.15) is 72.7 Å². The van der Waals surface area contributed by atoms with E-state index in [0.29, 0.717) is 18.4 Å². The van der Waals surface area contributed by atoms with Crippen LogP contribution < -0.4 is 0 Å². The molecule has 1 aliphatic heterocycles. The summed E-state index contributed by atoms with van der Waals surface area (Å²) in [5.41, 5.74) is 1.87. The molecule has 0 bridgehead atoms. The molecule has 0 spiro atoms. The van der Waals surface area contributed by atoms with Crippen LogP contribution in [-0.2, 0) is 6.54 Å². The molecule has 120 valence electrons. The molecule has 1 fully saturated rings. The van der Waals surface area contributed by atoms with Gasteiger partial charge in [-0.1, -0.05) is 43.6 Å². The molecule has 2 aliphatic rings. The second-order valence-corrected chi connectivity index (χ2v) is 6.69. The predicted molar refractivity (Wildman–Crippen MR) is 84.8 cm³/mol. The van der Waals surface area contributed by atoms with Gasteiger partial charge in [-0.05, 0) is 30.4 Å². The number of hydrogen-bond acceptors (Lipinski definition) is 4. The molecular weight excluding hydrogens is 290 g/mol. The van der Waals surface area contributed by atoms with Gasteiger partial charge >= 0.3 is 0 Å². The van der Waals surface area contributed by atoms with E-state index in [1.165, 1.54) is 0 Å². The summed E-state index contributed by atoms with van der Waals surface area (Å²) in [6, 6.07) is 7.65. The number of hydrogen-bond donors (Lipinski definition) is 0. The van der Waals surface area contributed by atoms with Gasteiger partial charge in [0.05, 0.1) is 0 Å². The third-order valence-electron chi connectivity index (χ3n) is 5.02. The lowest BCUT2D eigenvalue weighted by Crippen LogP contribution is -2.33. The smallest absolute Gasteiger partial charge is 0.255 e. The van der Waals surface area contributed by atoms with E-state index in [1.807, 2.05) is 29.2 Å². The number of amides is 1. The highest BCUT2D eigenvalue weighted by Crippen LogP contribution is 2.41. The van der Waals surface area contributed by atoms with Gasteiger partial charge in [0.25, 0.3) is 5.91 Å². The number of benzene rings is 1. The predicted octanol–water partition coefficient (Wildman–Crippen LogP) is 3.69. The van der Waals surface area contributed by atoms with Gasteiger partial charge in [-0.2, -0.15) is 4.98 Å². The number of carbonyl (C=O) groups is 1. The van der Waals surface area contributed by atoms with E-state index in [1.54, 1.807) is 0 Å². The standard InChI is InChI=1S/C18H21N3O2/c1-3-11(2)15(17-19-16(20-23-17)12-8-9-12)21-10-13-6-4-5-7-14(13)18(21)22/h4-7,11-12,15H,3,8-10H2,1-2H3. The van der Waals surface area contributed by atoms with E-state index in [9.17, 15) is 4.79 Å². The first-order valence-electron chi connectivity index (χ1n) is 8.41. The fourth-order valence-corrected chi connectivity index (χ4v) is 3.28. The zero-order valence-corrected chi connectivity index (χ0v) is 13.5. The summed E-state index contributed by atoms with van der Waals surface area (Å²) in [5, 5.41) is 4.14. The van der Waals surface area contributed by atoms with Crippen LogP contribution in [0.2, 0.25) is 0 Å². The second-order valence-electron chi connectivity index (χ2n) is 6.69. The summed E-state index contributed by atoms with van der Waals surface area (Å²) >= 11 is 0. The highest BCUT2D eigenvalue weighted by atomic mass is 16.5. The zero-order valence-electron chi connectivity index (χ0n) is 13.5. The van der Waals surface area contributed by atoms with E-state index in [-0.39, 0.29) is 17.9 Å². The first-order chi connectivity index (χ1) is 11.2. The van der Waals surface area contributed by atoms with Gasteiger partial charge in [-0.25, -0.2) is 0 Å². The molecule has 0 N–H and O–H groups in total. The van der Waals surface area contributed by atoms with Crippen molar-refractivity contribution >= 4 is 5.91 Å². The number of aromatic nitrogens is 2. The van der Waals surface area contributed by atoms with Crippen LogP contribution in [0, 0.1) is 5.92 Å². The van der Waals surface area contributed by atoms with Crippen molar-refractivity contribution in [2.45, 2.75) is 51.6 Å². The molecule has 23 heavy (non-hydrogen) atoms. The first-order valence-corrected chi connectivity index (χ1v) is 8.41. The van der Waals surface area contributed by atoms with Gasteiger partial charge in [0.2, 0.25) is 5.89 Å². The number of nitrogens with zero attached hydrogens (tertiary/aromatic N) is 3. The molecule has 0 saturated heterocycles. The minimum absolute atomic E-state index is 0.0667. The summed E-state index contributed by atoms with van der Waals surface area (Å²) in [6.07, 6.45) is 3.23. The molecule has 2 heterocycles. The van der Waals surface area contributed by atoms with E-state index in [0.717, 1.165) is 36.2 Å². The Kier molecular flexibility index (Phi) is 3.43. The van der Waals surface area contributed by atoms with E-state index in [4.69, 9.17) is 4.52 Å². The van der Waals surface area contributed by atoms with Crippen LogP contribution in [0.4, 0.5) is 0 Å². The zero-order chi connectivity index (χ0) is 16.0. The molecule has 0 radical (unpaired) electrons. The van der Waals surface area contributed by atoms with Crippen molar-refractivity contribution in [3.05, 3.63) is 47.1 Å². The fraction of sp³-hybridized carbons (Fsp3) is 0.500. The van der Waals surface area contributed by atoms with Gasteiger partial charge in [-0.15, -0.1) is 0 Å². The Balaban J connectivity index is 1.67. The second kappa shape index (κ2) is 5.48. The highest BCUT2D eigenvalue weighted by Gasteiger charge is 2.39. The third-order valence-corrected chi connectivity index (χ3v) is 5.02. The molecule has 2 unspecified atom stereocenters. The van der Waals surface area contributed by atoms with Crippen LogP contribution in [0.3, 0.4) is 0 Å². The van der Waals surface area contributed by atoms with Crippen molar-refractivity contribution < 1.29 is 9.32 Å². The molecule has 5 nitrogen and oxygen atoms in total. The summed E-state index contributed by atoms with van der Waals surface area (Å²) in [4.78, 5) is 19.3. The minimum atomic E-state index is -0.153. The Morgan fingerprint density at radius 3 is 2.83 bits per heavy atom. The van der Waals surface area contributed by atoms with Crippen LogP contribution >= 0.6 is 0 Å². The summed E-state index contributed by atoms with van der Waals surface area (Å²) in [7, 11) is 0. The van der Waals surface area contributed by atoms with E-state index >= 15 is 0 Å². The maximum atomic E-state index is 12.8. The molecule has 1 amide bonds. The third kappa shape index (κ3) is 2.44. The van der Waals surface area contributed by atoms with E-state index in [2.05, 4.69) is 24.0 Å². The normalized spacial score (nSPS) is 19.7. The van der Waals surface area contributed by atoms with Crippen LogP contribution in [0.5, 0.6) is 0 Å². The average Bonchev–Trinajstić information content (AvgIpc) is 3.23. The Morgan fingerprint density at radius 1 is 1.35 bits per heavy atom. The lowest BCUT2D eigenvalue weighted by Gasteiger charge is -2.29. The molecule has 1 aromatic heterocycles. The minimum Gasteiger partial charge on any atom is -0.337 e. The summed E-state index contributed by atoms with van der Waals surface area (Å²) in [5.74, 6) is 2.18. The van der Waals surface area contributed by atoms with Crippen molar-refractivity contribution in [3.8, 4) is 0 Å². The molecule has 1 aliphatic carbocycles. The molecular formula is C18H21N3O2. The summed E-state index contributed by atoms with van der Waals surface area (Å²) in [6.45, 7) is 4.89. The summed E-state index contributed by atoms with van der Waals surface area (Å²) < 4.78 is 5.56. The van der Waals surface area contributed by atoms with Crippen molar-refractivity contribution in [3.63, 3.8) is 0 Å². The quantitative estimate of drug-likeness (QED) is 0.845. The largest absolute Gasteiger partial charge is 0.337 e. The molecule has 5 heteroatoms. The molecule has 2 aromatic rings. The lowest BCUT2D eigenvalue weighted by molar-refractivity contribution is 0.0578. The molecule has 1 saturated carbocycles. The monoisotopic (exact) mass is 311 g/mol. The molecule has 4 rings (SSSR count). The van der Waals surface area contributed by atoms with Gasteiger partial charge in [0, 0.05) is 18.0 Å². The van der Waals surface area contributed by atoms with Crippen molar-refractivity contribution in [1.29, 1.82) is 0 Å². The maximum Gasteiger partial charge on any atom is 0.255 e. The van der Waals surface area contributed by atoms with Gasteiger partial charge in [-0.3, -0.25) is 4.79 Å². The van der Waals surface area contributed by atoms with Gasteiger partial charge in [0.15, 0.2) is 5.82 Å². The highest BCUT2D eigenvalue weighted by molar-refractivity contribution is 5.98. The van der Waals surface area contributed by atoms with Crippen molar-refractivity contribution in [1.82, 2.24) is 15.0 Å². The average molecular weight is 311 g/mol. The van der Waals surface area contributed by atoms with Crippen molar-refractivity contribution in [2.24, 2.45) is 5.92 Å². The topological polar surface area (TPSA) is 59.2 Å². The SMILES string of the molecule is CCC(C)C(c1nc(C2CC2)no1)N1Cc2ccccc2C1=O. The number of carbonyl (C=O) groups excluding carboxylic acids is 1. The van der Waals surface area contributed by atoms with Gasteiger partial charge < -0.3 is 9.42 Å². The van der Waals surface area contributed by atoms with Crippen LogP contribution in [-0.4, -0.2) is 20.9 Å². The van der Waals surface area contributed by atoms with Crippen molar-refractivity contribution in [2.75, 3.05) is 0 Å². The van der Waals surface area contributed by atoms with Crippen LogP contribution in [0.15, 0.2) is 28.8 Å². The number of rotatable bonds is 5. The van der Waals surface area contributed by atoms with E-state index < -0.39 is 0 Å². The first kappa shape index (κ1) is 14.4.